The quantitative estimate of drug-likeness (QED) is 0.805. The molecule has 0 aromatic heterocycles. The maximum atomic E-state index is 12.5. The third kappa shape index (κ3) is 2.22. The molecule has 4 unspecified atom stereocenters. The van der Waals surface area contributed by atoms with Crippen molar-refractivity contribution in [3.63, 3.8) is 0 Å². The van der Waals surface area contributed by atoms with Crippen LogP contribution in [0.5, 0.6) is 0 Å². The summed E-state index contributed by atoms with van der Waals surface area (Å²) in [4.78, 5) is 26.1. The van der Waals surface area contributed by atoms with Gasteiger partial charge in [0, 0.05) is 30.7 Å². The molecular formula is C14H22N2O3S. The fourth-order valence-corrected chi connectivity index (χ4v) is 5.17. The standard InChI is InChI=1S/C14H22N2O3S/c1-14-6-5-12(18)16(14)11(8-20-14)13(19)15-10-4-2-3-9(10)7-17/h9-11,17H,2-8H2,1H3,(H,15,19). The molecule has 0 aromatic carbocycles. The van der Waals surface area contributed by atoms with Crippen molar-refractivity contribution in [2.24, 2.45) is 5.92 Å². The highest BCUT2D eigenvalue weighted by Gasteiger charge is 2.53. The number of aliphatic hydroxyl groups is 1. The van der Waals surface area contributed by atoms with Gasteiger partial charge >= 0.3 is 0 Å². The monoisotopic (exact) mass is 298 g/mol. The fraction of sp³-hybridized carbons (Fsp3) is 0.857. The molecule has 2 aliphatic heterocycles. The van der Waals surface area contributed by atoms with Crippen molar-refractivity contribution in [1.29, 1.82) is 0 Å². The highest BCUT2D eigenvalue weighted by molar-refractivity contribution is 8.01. The summed E-state index contributed by atoms with van der Waals surface area (Å²) in [6, 6.07) is -0.262. The Bertz CT molecular complexity index is 431. The second kappa shape index (κ2) is 5.22. The highest BCUT2D eigenvalue weighted by atomic mass is 32.2. The number of hydrogen-bond donors (Lipinski definition) is 2. The summed E-state index contributed by atoms with van der Waals surface area (Å²) in [6.07, 6.45) is 4.35. The van der Waals surface area contributed by atoms with Gasteiger partial charge in [-0.3, -0.25) is 9.59 Å². The summed E-state index contributed by atoms with van der Waals surface area (Å²) in [6.45, 7) is 2.19. The lowest BCUT2D eigenvalue weighted by Gasteiger charge is -2.31. The number of thioether (sulfide) groups is 1. The van der Waals surface area contributed by atoms with E-state index in [1.165, 1.54) is 0 Å². The normalized spacial score (nSPS) is 40.2. The highest BCUT2D eigenvalue weighted by Crippen LogP contribution is 2.47. The van der Waals surface area contributed by atoms with Crippen LogP contribution in [0.4, 0.5) is 0 Å². The van der Waals surface area contributed by atoms with Crippen LogP contribution in [0.25, 0.3) is 0 Å². The average Bonchev–Trinajstić information content (AvgIpc) is 3.06. The molecule has 112 valence electrons. The topological polar surface area (TPSA) is 69.6 Å². The largest absolute Gasteiger partial charge is 0.396 e. The first kappa shape index (κ1) is 14.2. The Morgan fingerprint density at radius 3 is 3.10 bits per heavy atom. The van der Waals surface area contributed by atoms with Gasteiger partial charge in [0.1, 0.15) is 6.04 Å². The molecule has 2 saturated heterocycles. The Labute approximate surface area is 123 Å². The second-order valence-corrected chi connectivity index (χ2v) is 7.76. The van der Waals surface area contributed by atoms with Gasteiger partial charge in [0.05, 0.1) is 4.87 Å². The molecule has 0 radical (unpaired) electrons. The third-order valence-corrected chi connectivity index (χ3v) is 6.47. The van der Waals surface area contributed by atoms with E-state index in [-0.39, 0.29) is 41.3 Å². The molecule has 4 atom stereocenters. The van der Waals surface area contributed by atoms with Crippen LogP contribution in [-0.2, 0) is 9.59 Å². The van der Waals surface area contributed by atoms with Crippen LogP contribution in [0.2, 0.25) is 0 Å². The van der Waals surface area contributed by atoms with E-state index in [1.54, 1.807) is 16.7 Å². The summed E-state index contributed by atoms with van der Waals surface area (Å²) >= 11 is 1.71. The molecule has 2 N–H and O–H groups in total. The zero-order valence-corrected chi connectivity index (χ0v) is 12.6. The van der Waals surface area contributed by atoms with E-state index in [9.17, 15) is 14.7 Å². The number of carbonyl (C=O) groups excluding carboxylic acids is 2. The van der Waals surface area contributed by atoms with Crippen molar-refractivity contribution in [3.05, 3.63) is 0 Å². The minimum Gasteiger partial charge on any atom is -0.396 e. The molecule has 1 aliphatic carbocycles. The van der Waals surface area contributed by atoms with Gasteiger partial charge in [-0.15, -0.1) is 11.8 Å². The molecule has 0 aromatic rings. The van der Waals surface area contributed by atoms with Crippen LogP contribution in [0, 0.1) is 5.92 Å². The van der Waals surface area contributed by atoms with E-state index in [0.717, 1.165) is 25.7 Å². The zero-order chi connectivity index (χ0) is 14.3. The summed E-state index contributed by atoms with van der Waals surface area (Å²) in [5, 5.41) is 12.4. The number of fused-ring (bicyclic) bond motifs is 1. The van der Waals surface area contributed by atoms with Crippen LogP contribution in [0.15, 0.2) is 0 Å². The Morgan fingerprint density at radius 1 is 1.55 bits per heavy atom. The lowest BCUT2D eigenvalue weighted by atomic mass is 10.0. The smallest absolute Gasteiger partial charge is 0.243 e. The molecule has 5 nitrogen and oxygen atoms in total. The van der Waals surface area contributed by atoms with Crippen molar-refractivity contribution in [2.75, 3.05) is 12.4 Å². The molecule has 1 saturated carbocycles. The minimum atomic E-state index is -0.333. The Kier molecular flexibility index (Phi) is 3.71. The van der Waals surface area contributed by atoms with Gasteiger partial charge in [-0.25, -0.2) is 0 Å². The van der Waals surface area contributed by atoms with Crippen LogP contribution >= 0.6 is 11.8 Å². The van der Waals surface area contributed by atoms with E-state index in [4.69, 9.17) is 0 Å². The minimum absolute atomic E-state index is 0.0400. The Balaban J connectivity index is 1.67. The first-order valence-corrected chi connectivity index (χ1v) is 8.41. The number of aliphatic hydroxyl groups excluding tert-OH is 1. The number of nitrogens with one attached hydrogen (secondary N) is 1. The molecule has 0 spiro atoms. The van der Waals surface area contributed by atoms with Gasteiger partial charge in [0.15, 0.2) is 0 Å². The average molecular weight is 298 g/mol. The first-order chi connectivity index (χ1) is 9.55. The maximum absolute atomic E-state index is 12.5. The molecule has 0 bridgehead atoms. The lowest BCUT2D eigenvalue weighted by molar-refractivity contribution is -0.138. The van der Waals surface area contributed by atoms with E-state index in [2.05, 4.69) is 12.2 Å². The number of nitrogens with zero attached hydrogens (tertiary/aromatic N) is 1. The Hall–Kier alpha value is -0.750. The second-order valence-electron chi connectivity index (χ2n) is 6.25. The van der Waals surface area contributed by atoms with Crippen LogP contribution in [0.1, 0.15) is 39.0 Å². The van der Waals surface area contributed by atoms with E-state index in [0.29, 0.717) is 12.2 Å². The van der Waals surface area contributed by atoms with Crippen LogP contribution in [0.3, 0.4) is 0 Å². The van der Waals surface area contributed by atoms with E-state index < -0.39 is 0 Å². The predicted octanol–water partition coefficient (Wildman–Crippen LogP) is 0.718. The molecular weight excluding hydrogens is 276 g/mol. The lowest BCUT2D eigenvalue weighted by Crippen LogP contribution is -2.52. The summed E-state index contributed by atoms with van der Waals surface area (Å²) in [5.74, 6) is 0.920. The van der Waals surface area contributed by atoms with Crippen LogP contribution < -0.4 is 5.32 Å². The summed E-state index contributed by atoms with van der Waals surface area (Å²) in [7, 11) is 0. The van der Waals surface area contributed by atoms with Gasteiger partial charge in [0.2, 0.25) is 11.8 Å². The fourth-order valence-electron chi connectivity index (χ4n) is 3.74. The molecule has 2 heterocycles. The van der Waals surface area contributed by atoms with Crippen molar-refractivity contribution in [1.82, 2.24) is 10.2 Å². The summed E-state index contributed by atoms with van der Waals surface area (Å²) < 4.78 is 0. The maximum Gasteiger partial charge on any atom is 0.243 e. The van der Waals surface area contributed by atoms with E-state index >= 15 is 0 Å². The van der Waals surface area contributed by atoms with Crippen molar-refractivity contribution >= 4 is 23.6 Å². The number of amides is 2. The molecule has 3 fully saturated rings. The molecule has 20 heavy (non-hydrogen) atoms. The van der Waals surface area contributed by atoms with Crippen molar-refractivity contribution < 1.29 is 14.7 Å². The van der Waals surface area contributed by atoms with E-state index in [1.807, 2.05) is 0 Å². The number of carbonyl (C=O) groups is 2. The van der Waals surface area contributed by atoms with Crippen LogP contribution in [-0.4, -0.2) is 51.1 Å². The number of hydrogen-bond acceptors (Lipinski definition) is 4. The SMILES string of the molecule is CC12CCC(=O)N1C(C(=O)NC1CCCC1CO)CS2. The molecule has 2 amide bonds. The number of rotatable bonds is 3. The third-order valence-electron chi connectivity index (χ3n) is 4.97. The Morgan fingerprint density at radius 2 is 2.35 bits per heavy atom. The summed E-state index contributed by atoms with van der Waals surface area (Å²) in [5.41, 5.74) is 0. The van der Waals surface area contributed by atoms with Gasteiger partial charge in [-0.05, 0) is 26.2 Å². The predicted molar refractivity (Wildman–Crippen MR) is 77.1 cm³/mol. The zero-order valence-electron chi connectivity index (χ0n) is 11.8. The first-order valence-electron chi connectivity index (χ1n) is 7.42. The molecule has 6 heteroatoms. The van der Waals surface area contributed by atoms with Gasteiger partial charge in [-0.1, -0.05) is 6.42 Å². The van der Waals surface area contributed by atoms with Gasteiger partial charge in [-0.2, -0.15) is 0 Å². The van der Waals surface area contributed by atoms with Gasteiger partial charge < -0.3 is 15.3 Å². The van der Waals surface area contributed by atoms with Crippen molar-refractivity contribution in [2.45, 2.75) is 56.0 Å². The molecule has 3 aliphatic rings. The van der Waals surface area contributed by atoms with Gasteiger partial charge in [0.25, 0.3) is 0 Å². The van der Waals surface area contributed by atoms with Crippen molar-refractivity contribution in [3.8, 4) is 0 Å². The molecule has 3 rings (SSSR count).